The van der Waals surface area contributed by atoms with Crippen LogP contribution in [0.25, 0.3) is 0 Å². The van der Waals surface area contributed by atoms with Crippen molar-refractivity contribution in [3.63, 3.8) is 0 Å². The second-order valence-corrected chi connectivity index (χ2v) is 5.21. The molecule has 0 amide bonds. The fourth-order valence-corrected chi connectivity index (χ4v) is 2.54. The van der Waals surface area contributed by atoms with Crippen molar-refractivity contribution in [2.24, 2.45) is 5.73 Å². The van der Waals surface area contributed by atoms with Crippen molar-refractivity contribution >= 4 is 15.9 Å². The van der Waals surface area contributed by atoms with E-state index in [0.29, 0.717) is 0 Å². The lowest BCUT2D eigenvalue weighted by Gasteiger charge is -2.32. The highest BCUT2D eigenvalue weighted by molar-refractivity contribution is 9.10. The Morgan fingerprint density at radius 3 is 2.33 bits per heavy atom. The largest absolute Gasteiger partial charge is 0.401 e. The first-order valence-electron chi connectivity index (χ1n) is 5.49. The Bertz CT molecular complexity index is 393. The molecule has 1 aromatic carbocycles. The number of hydrogen-bond acceptors (Lipinski definition) is 2. The summed E-state index contributed by atoms with van der Waals surface area (Å²) in [6, 6.07) is 6.29. The summed E-state index contributed by atoms with van der Waals surface area (Å²) in [5, 5.41) is 0. The van der Waals surface area contributed by atoms with E-state index in [2.05, 4.69) is 15.9 Å². The molecule has 6 heteroatoms. The minimum atomic E-state index is -4.23. The lowest BCUT2D eigenvalue weighted by Crippen LogP contribution is -2.41. The Morgan fingerprint density at radius 2 is 1.89 bits per heavy atom. The van der Waals surface area contributed by atoms with Gasteiger partial charge in [-0.05, 0) is 25.6 Å². The maximum Gasteiger partial charge on any atom is 0.401 e. The number of hydrogen-bond donors (Lipinski definition) is 1. The normalized spacial score (nSPS) is 15.8. The number of alkyl halides is 3. The number of likely N-dealkylation sites (N-methyl/N-ethyl adjacent to an activating group) is 1. The van der Waals surface area contributed by atoms with Gasteiger partial charge in [-0.2, -0.15) is 13.2 Å². The molecule has 0 bridgehead atoms. The van der Waals surface area contributed by atoms with Crippen molar-refractivity contribution in [1.82, 2.24) is 4.90 Å². The molecular formula is C12H16BrF3N2. The molecule has 2 N–H and O–H groups in total. The van der Waals surface area contributed by atoms with Crippen LogP contribution >= 0.6 is 15.9 Å². The molecule has 0 radical (unpaired) electrons. The predicted molar refractivity (Wildman–Crippen MR) is 69.2 cm³/mol. The third-order valence-electron chi connectivity index (χ3n) is 2.63. The average Bonchev–Trinajstić information content (AvgIpc) is 2.17. The molecule has 0 fully saturated rings. The summed E-state index contributed by atoms with van der Waals surface area (Å²) in [5.41, 5.74) is 6.59. The third kappa shape index (κ3) is 4.26. The standard InChI is InChI=1S/C12H16BrF3N2/c1-8(17)11(18(2)7-12(14,15)16)9-5-3-4-6-10(9)13/h3-6,8,11H,7,17H2,1-2H3. The molecule has 0 saturated heterocycles. The van der Waals surface area contributed by atoms with Gasteiger partial charge in [0.05, 0.1) is 12.6 Å². The van der Waals surface area contributed by atoms with Crippen LogP contribution in [0.15, 0.2) is 28.7 Å². The Balaban J connectivity index is 3.00. The molecule has 2 unspecified atom stereocenters. The summed E-state index contributed by atoms with van der Waals surface area (Å²) in [4.78, 5) is 1.23. The lowest BCUT2D eigenvalue weighted by molar-refractivity contribution is -0.148. The summed E-state index contributed by atoms with van der Waals surface area (Å²) >= 11 is 3.35. The van der Waals surface area contributed by atoms with Gasteiger partial charge in [-0.1, -0.05) is 34.1 Å². The van der Waals surface area contributed by atoms with Gasteiger partial charge in [0, 0.05) is 10.5 Å². The van der Waals surface area contributed by atoms with E-state index in [4.69, 9.17) is 5.73 Å². The molecule has 0 aliphatic carbocycles. The number of benzene rings is 1. The minimum Gasteiger partial charge on any atom is -0.326 e. The highest BCUT2D eigenvalue weighted by Crippen LogP contribution is 2.30. The van der Waals surface area contributed by atoms with Crippen LogP contribution in [0.5, 0.6) is 0 Å². The van der Waals surface area contributed by atoms with Crippen LogP contribution in [0.1, 0.15) is 18.5 Å². The van der Waals surface area contributed by atoms with Crippen molar-refractivity contribution < 1.29 is 13.2 Å². The highest BCUT2D eigenvalue weighted by atomic mass is 79.9. The molecule has 102 valence electrons. The molecule has 1 aromatic rings. The number of halogens is 4. The quantitative estimate of drug-likeness (QED) is 0.920. The maximum absolute atomic E-state index is 12.5. The van der Waals surface area contributed by atoms with Crippen molar-refractivity contribution in [3.8, 4) is 0 Å². The van der Waals surface area contributed by atoms with E-state index in [-0.39, 0.29) is 0 Å². The van der Waals surface area contributed by atoms with Gasteiger partial charge in [0.25, 0.3) is 0 Å². The lowest BCUT2D eigenvalue weighted by atomic mass is 9.99. The molecular weight excluding hydrogens is 309 g/mol. The second-order valence-electron chi connectivity index (χ2n) is 4.36. The van der Waals surface area contributed by atoms with E-state index >= 15 is 0 Å². The molecule has 0 spiro atoms. The van der Waals surface area contributed by atoms with Crippen LogP contribution in [0.4, 0.5) is 13.2 Å². The fourth-order valence-electron chi connectivity index (χ4n) is 2.02. The molecule has 0 aromatic heterocycles. The SMILES string of the molecule is CC(N)C(c1ccccc1Br)N(C)CC(F)(F)F. The van der Waals surface area contributed by atoms with Gasteiger partial charge in [0.15, 0.2) is 0 Å². The summed E-state index contributed by atoms with van der Waals surface area (Å²) in [5.74, 6) is 0. The first-order valence-corrected chi connectivity index (χ1v) is 6.28. The Kier molecular flexibility index (Phi) is 5.19. The second kappa shape index (κ2) is 6.04. The van der Waals surface area contributed by atoms with Gasteiger partial charge in [-0.3, -0.25) is 4.90 Å². The van der Waals surface area contributed by atoms with Crippen molar-refractivity contribution in [1.29, 1.82) is 0 Å². The van der Waals surface area contributed by atoms with Crippen LogP contribution in [0, 0.1) is 0 Å². The first kappa shape index (κ1) is 15.5. The van der Waals surface area contributed by atoms with Gasteiger partial charge >= 0.3 is 6.18 Å². The van der Waals surface area contributed by atoms with E-state index in [9.17, 15) is 13.2 Å². The van der Waals surface area contributed by atoms with E-state index in [1.54, 1.807) is 25.1 Å². The van der Waals surface area contributed by atoms with E-state index < -0.39 is 24.8 Å². The Morgan fingerprint density at radius 1 is 1.33 bits per heavy atom. The first-order chi connectivity index (χ1) is 8.22. The maximum atomic E-state index is 12.5. The third-order valence-corrected chi connectivity index (χ3v) is 3.35. The number of nitrogens with two attached hydrogens (primary N) is 1. The highest BCUT2D eigenvalue weighted by Gasteiger charge is 2.34. The zero-order valence-corrected chi connectivity index (χ0v) is 11.8. The van der Waals surface area contributed by atoms with E-state index in [0.717, 1.165) is 10.0 Å². The summed E-state index contributed by atoms with van der Waals surface area (Å²) in [7, 11) is 1.43. The van der Waals surface area contributed by atoms with Crippen LogP contribution < -0.4 is 5.73 Å². The van der Waals surface area contributed by atoms with Gasteiger partial charge in [0.1, 0.15) is 0 Å². The zero-order chi connectivity index (χ0) is 13.9. The van der Waals surface area contributed by atoms with E-state index in [1.165, 1.54) is 11.9 Å². The summed E-state index contributed by atoms with van der Waals surface area (Å²) in [6.45, 7) is 0.720. The topological polar surface area (TPSA) is 29.3 Å². The van der Waals surface area contributed by atoms with Gasteiger partial charge in [0.2, 0.25) is 0 Å². The fraction of sp³-hybridized carbons (Fsp3) is 0.500. The van der Waals surface area contributed by atoms with Crippen LogP contribution in [-0.4, -0.2) is 30.7 Å². The molecule has 0 aliphatic rings. The van der Waals surface area contributed by atoms with Crippen LogP contribution in [0.3, 0.4) is 0 Å². The predicted octanol–water partition coefficient (Wildman–Crippen LogP) is 3.33. The minimum absolute atomic E-state index is 0.406. The Labute approximate surface area is 113 Å². The van der Waals surface area contributed by atoms with Crippen molar-refractivity contribution in [2.45, 2.75) is 25.2 Å². The summed E-state index contributed by atoms with van der Waals surface area (Å²) < 4.78 is 38.1. The number of rotatable bonds is 4. The van der Waals surface area contributed by atoms with Crippen molar-refractivity contribution in [2.75, 3.05) is 13.6 Å². The average molecular weight is 325 g/mol. The molecule has 1 rings (SSSR count). The van der Waals surface area contributed by atoms with Crippen molar-refractivity contribution in [3.05, 3.63) is 34.3 Å². The summed E-state index contributed by atoms with van der Waals surface area (Å²) in [6.07, 6.45) is -4.23. The molecule has 0 saturated carbocycles. The Hall–Kier alpha value is -0.590. The molecule has 0 heterocycles. The van der Waals surface area contributed by atoms with Gasteiger partial charge < -0.3 is 5.73 Å². The van der Waals surface area contributed by atoms with E-state index in [1.807, 2.05) is 6.07 Å². The smallest absolute Gasteiger partial charge is 0.326 e. The molecule has 0 aliphatic heterocycles. The van der Waals surface area contributed by atoms with Crippen LogP contribution in [-0.2, 0) is 0 Å². The molecule has 18 heavy (non-hydrogen) atoms. The van der Waals surface area contributed by atoms with Gasteiger partial charge in [-0.15, -0.1) is 0 Å². The number of nitrogens with zero attached hydrogens (tertiary/aromatic N) is 1. The van der Waals surface area contributed by atoms with Crippen LogP contribution in [0.2, 0.25) is 0 Å². The van der Waals surface area contributed by atoms with Gasteiger partial charge in [-0.25, -0.2) is 0 Å². The monoisotopic (exact) mass is 324 g/mol. The zero-order valence-electron chi connectivity index (χ0n) is 10.2. The molecule has 2 atom stereocenters. The molecule has 2 nitrogen and oxygen atoms in total.